The van der Waals surface area contributed by atoms with Crippen molar-refractivity contribution in [1.29, 1.82) is 0 Å². The molecule has 11 aromatic carbocycles. The summed E-state index contributed by atoms with van der Waals surface area (Å²) in [4.78, 5) is 2.41. The third kappa shape index (κ3) is 7.45. The molecule has 0 saturated carbocycles. The maximum atomic E-state index is 2.41. The Morgan fingerprint density at radius 1 is 0.221 bits per heavy atom. The molecule has 68 heavy (non-hydrogen) atoms. The van der Waals surface area contributed by atoms with Crippen LogP contribution in [0.25, 0.3) is 94.3 Å². The van der Waals surface area contributed by atoms with Crippen LogP contribution in [0.1, 0.15) is 0 Å². The molecule has 12 rings (SSSR count). The van der Waals surface area contributed by atoms with Gasteiger partial charge in [0.25, 0.3) is 0 Å². The van der Waals surface area contributed by atoms with Crippen LogP contribution in [0.15, 0.2) is 279 Å². The van der Waals surface area contributed by atoms with Crippen LogP contribution >= 0.6 is 0 Å². The van der Waals surface area contributed by atoms with Gasteiger partial charge in [0, 0.05) is 33.4 Å². The van der Waals surface area contributed by atoms with E-state index in [4.69, 9.17) is 0 Å². The van der Waals surface area contributed by atoms with Crippen LogP contribution in [0.5, 0.6) is 0 Å². The fourth-order valence-corrected chi connectivity index (χ4v) is 10.1. The van der Waals surface area contributed by atoms with E-state index in [9.17, 15) is 0 Å². The monoisotopic (exact) mass is 866 g/mol. The lowest BCUT2D eigenvalue weighted by molar-refractivity contribution is 1.18. The van der Waals surface area contributed by atoms with Gasteiger partial charge >= 0.3 is 0 Å². The zero-order valence-electron chi connectivity index (χ0n) is 37.5. The minimum Gasteiger partial charge on any atom is -0.310 e. The molecule has 12 aromatic rings. The minimum atomic E-state index is 1.07. The molecule has 0 saturated heterocycles. The van der Waals surface area contributed by atoms with Gasteiger partial charge in [-0.15, -0.1) is 0 Å². The van der Waals surface area contributed by atoms with Gasteiger partial charge < -0.3 is 9.47 Å². The molecular weight excluding hydrogens is 821 g/mol. The number of anilines is 3. The van der Waals surface area contributed by atoms with Crippen molar-refractivity contribution in [3.05, 3.63) is 279 Å². The molecule has 1 heterocycles. The van der Waals surface area contributed by atoms with Crippen molar-refractivity contribution < 1.29 is 0 Å². The lowest BCUT2D eigenvalue weighted by Gasteiger charge is -2.29. The topological polar surface area (TPSA) is 8.17 Å². The van der Waals surface area contributed by atoms with E-state index in [1.165, 1.54) is 77.4 Å². The minimum absolute atomic E-state index is 1.07. The summed E-state index contributed by atoms with van der Waals surface area (Å²) in [5.74, 6) is 0. The van der Waals surface area contributed by atoms with Gasteiger partial charge in [-0.05, 0) is 116 Å². The summed E-state index contributed by atoms with van der Waals surface area (Å²) in [7, 11) is 0. The Bertz CT molecular complexity index is 3650. The van der Waals surface area contributed by atoms with Crippen LogP contribution in [-0.2, 0) is 0 Å². The Balaban J connectivity index is 0.961. The first-order valence-corrected chi connectivity index (χ1v) is 23.3. The molecule has 2 heteroatoms. The molecule has 0 bridgehead atoms. The van der Waals surface area contributed by atoms with Gasteiger partial charge in [0.15, 0.2) is 0 Å². The zero-order valence-corrected chi connectivity index (χ0v) is 37.5. The van der Waals surface area contributed by atoms with E-state index >= 15 is 0 Å². The lowest BCUT2D eigenvalue weighted by Crippen LogP contribution is -2.11. The normalized spacial score (nSPS) is 11.2. The van der Waals surface area contributed by atoms with Gasteiger partial charge in [0.05, 0.1) is 16.7 Å². The van der Waals surface area contributed by atoms with Crippen molar-refractivity contribution >= 4 is 38.9 Å². The highest BCUT2D eigenvalue weighted by molar-refractivity contribution is 6.09. The van der Waals surface area contributed by atoms with E-state index in [0.717, 1.165) is 33.9 Å². The Hall–Kier alpha value is -8.98. The summed E-state index contributed by atoms with van der Waals surface area (Å²) in [5.41, 5.74) is 21.0. The molecule has 0 aliphatic heterocycles. The number of fused-ring (bicyclic) bond motifs is 3. The second kappa shape index (κ2) is 17.8. The molecule has 320 valence electrons. The van der Waals surface area contributed by atoms with E-state index in [1.807, 2.05) is 0 Å². The maximum Gasteiger partial charge on any atom is 0.0541 e. The quantitative estimate of drug-likeness (QED) is 0.133. The van der Waals surface area contributed by atoms with Gasteiger partial charge in [-0.2, -0.15) is 0 Å². The van der Waals surface area contributed by atoms with Crippen LogP contribution in [0.4, 0.5) is 17.1 Å². The average molecular weight is 867 g/mol. The van der Waals surface area contributed by atoms with Gasteiger partial charge in [-0.25, -0.2) is 0 Å². The Morgan fingerprint density at radius 2 is 0.544 bits per heavy atom. The molecule has 0 amide bonds. The highest BCUT2D eigenvalue weighted by atomic mass is 15.1. The zero-order chi connectivity index (χ0) is 45.2. The van der Waals surface area contributed by atoms with E-state index < -0.39 is 0 Å². The van der Waals surface area contributed by atoms with Crippen molar-refractivity contribution in [2.24, 2.45) is 0 Å². The molecule has 0 N–H and O–H groups in total. The molecule has 0 atom stereocenters. The summed E-state index contributed by atoms with van der Waals surface area (Å²) >= 11 is 0. The van der Waals surface area contributed by atoms with Gasteiger partial charge in [-0.3, -0.25) is 0 Å². The molecule has 0 fully saturated rings. The molecule has 0 unspecified atom stereocenters. The first-order valence-electron chi connectivity index (χ1n) is 23.3. The molecule has 0 spiro atoms. The largest absolute Gasteiger partial charge is 0.310 e. The van der Waals surface area contributed by atoms with Crippen LogP contribution in [-0.4, -0.2) is 4.57 Å². The number of hydrogen-bond donors (Lipinski definition) is 0. The molecule has 0 aliphatic rings. The maximum absolute atomic E-state index is 2.41. The number of hydrogen-bond acceptors (Lipinski definition) is 1. The van der Waals surface area contributed by atoms with E-state index in [0.29, 0.717) is 0 Å². The van der Waals surface area contributed by atoms with Crippen LogP contribution < -0.4 is 4.90 Å². The fourth-order valence-electron chi connectivity index (χ4n) is 10.1. The van der Waals surface area contributed by atoms with Gasteiger partial charge in [0.1, 0.15) is 0 Å². The highest BCUT2D eigenvalue weighted by Crippen LogP contribution is 2.46. The number of benzene rings is 11. The molecule has 2 nitrogen and oxygen atoms in total. The summed E-state index contributed by atoms with van der Waals surface area (Å²) in [6, 6.07) is 101. The van der Waals surface area contributed by atoms with Crippen molar-refractivity contribution in [3.63, 3.8) is 0 Å². The van der Waals surface area contributed by atoms with E-state index in [1.54, 1.807) is 0 Å². The Labute approximate surface area is 397 Å². The molecule has 1 aromatic heterocycles. The number of aromatic nitrogens is 1. The van der Waals surface area contributed by atoms with Crippen molar-refractivity contribution in [3.8, 4) is 72.4 Å². The lowest BCUT2D eigenvalue weighted by atomic mass is 9.88. The third-order valence-electron chi connectivity index (χ3n) is 13.3. The second-order valence-corrected chi connectivity index (χ2v) is 17.2. The van der Waals surface area contributed by atoms with Crippen LogP contribution in [0.2, 0.25) is 0 Å². The Kier molecular flexibility index (Phi) is 10.6. The predicted octanol–water partition coefficient (Wildman–Crippen LogP) is 18.3. The Morgan fingerprint density at radius 3 is 1.04 bits per heavy atom. The van der Waals surface area contributed by atoms with Crippen molar-refractivity contribution in [1.82, 2.24) is 4.57 Å². The van der Waals surface area contributed by atoms with Crippen LogP contribution in [0, 0.1) is 0 Å². The van der Waals surface area contributed by atoms with E-state index in [2.05, 4.69) is 289 Å². The number of rotatable bonds is 10. The van der Waals surface area contributed by atoms with Crippen molar-refractivity contribution in [2.75, 3.05) is 4.90 Å². The van der Waals surface area contributed by atoms with Crippen LogP contribution in [0.3, 0.4) is 0 Å². The predicted molar refractivity (Wildman–Crippen MR) is 288 cm³/mol. The molecule has 0 aliphatic carbocycles. The SMILES string of the molecule is c1ccc(-c2ccccc2-c2ccc(N(c3ccc(-c4ccc(-n5c6ccccc6c6ccccc65)cc4)cc3)c3ccccc3-c3ccccc3-c3ccccc3-c3ccccc3)cc2)cc1. The molecular formula is C66H46N2. The summed E-state index contributed by atoms with van der Waals surface area (Å²) < 4.78 is 2.37. The highest BCUT2D eigenvalue weighted by Gasteiger charge is 2.21. The average Bonchev–Trinajstić information content (AvgIpc) is 3.76. The van der Waals surface area contributed by atoms with E-state index in [-0.39, 0.29) is 0 Å². The summed E-state index contributed by atoms with van der Waals surface area (Å²) in [6.07, 6.45) is 0. The number of para-hydroxylation sites is 3. The smallest absolute Gasteiger partial charge is 0.0541 e. The summed E-state index contributed by atoms with van der Waals surface area (Å²) in [6.45, 7) is 0. The standard InChI is InChI=1S/C66H46N2/c1-3-19-49(20-4-1)55-23-7-8-24-56(55)51-39-45-53(46-40-51)67(64-32-16-13-29-61(64)60-28-12-11-27-59(60)58-26-10-9-25-57(58)50-21-5-2-6-22-50)52-41-35-47(36-42-52)48-37-43-54(44-38-48)68-65-33-17-14-30-62(65)63-31-15-18-34-66(63)68/h1-46H. The molecule has 0 radical (unpaired) electrons. The van der Waals surface area contributed by atoms with Gasteiger partial charge in [0.2, 0.25) is 0 Å². The second-order valence-electron chi connectivity index (χ2n) is 17.2. The first-order chi connectivity index (χ1) is 33.8. The fraction of sp³-hybridized carbons (Fsp3) is 0. The van der Waals surface area contributed by atoms with Gasteiger partial charge in [-0.1, -0.05) is 224 Å². The summed E-state index contributed by atoms with van der Waals surface area (Å²) in [5, 5.41) is 2.53. The van der Waals surface area contributed by atoms with Crippen molar-refractivity contribution in [2.45, 2.75) is 0 Å². The number of nitrogens with zero attached hydrogens (tertiary/aromatic N) is 2. The third-order valence-corrected chi connectivity index (χ3v) is 13.3. The first kappa shape index (κ1) is 40.5.